The lowest BCUT2D eigenvalue weighted by Crippen LogP contribution is -2.33. The first-order chi connectivity index (χ1) is 11.6. The zero-order valence-electron chi connectivity index (χ0n) is 14.4. The number of aromatic nitrogens is 1. The smallest absolute Gasteiger partial charge is 0.322 e. The van der Waals surface area contributed by atoms with E-state index in [1.54, 1.807) is 18.0 Å². The van der Waals surface area contributed by atoms with Gasteiger partial charge in [-0.25, -0.2) is 4.79 Å². The molecule has 5 nitrogen and oxygen atoms in total. The Hall–Kier alpha value is -2.30. The number of anilines is 1. The fourth-order valence-corrected chi connectivity index (χ4v) is 3.30. The Morgan fingerprint density at radius 2 is 1.92 bits per heavy atom. The highest BCUT2D eigenvalue weighted by atomic mass is 16.5. The van der Waals surface area contributed by atoms with Crippen LogP contribution in [0.25, 0.3) is 0 Å². The summed E-state index contributed by atoms with van der Waals surface area (Å²) in [6, 6.07) is 9.75. The predicted molar refractivity (Wildman–Crippen MR) is 94.0 cm³/mol. The minimum atomic E-state index is -0.157. The first kappa shape index (κ1) is 16.6. The molecule has 1 N–H and O–H groups in total. The molecule has 128 valence electrons. The second-order valence-corrected chi connectivity index (χ2v) is 6.60. The van der Waals surface area contributed by atoms with E-state index in [2.05, 4.69) is 22.6 Å². The number of rotatable bonds is 4. The zero-order valence-corrected chi connectivity index (χ0v) is 14.4. The van der Waals surface area contributed by atoms with Gasteiger partial charge in [-0.1, -0.05) is 36.6 Å². The average Bonchev–Trinajstić information content (AvgIpc) is 3.16. The van der Waals surface area contributed by atoms with E-state index in [-0.39, 0.29) is 12.1 Å². The Bertz CT molecular complexity index is 646. The number of amides is 2. The van der Waals surface area contributed by atoms with Crippen molar-refractivity contribution in [2.45, 2.75) is 51.0 Å². The molecule has 1 aliphatic carbocycles. The summed E-state index contributed by atoms with van der Waals surface area (Å²) in [5.74, 6) is 0.679. The minimum absolute atomic E-state index is 0.148. The fourth-order valence-electron chi connectivity index (χ4n) is 3.30. The SMILES string of the molecule is C[C@H](c1ccon1)N(C)C(=O)Nc1ccc(C2CCCCC2)cc1. The molecule has 1 saturated carbocycles. The number of nitrogens with zero attached hydrogens (tertiary/aromatic N) is 2. The Morgan fingerprint density at radius 3 is 2.54 bits per heavy atom. The summed E-state index contributed by atoms with van der Waals surface area (Å²) in [7, 11) is 1.76. The van der Waals surface area contributed by atoms with Gasteiger partial charge < -0.3 is 14.7 Å². The van der Waals surface area contributed by atoms with Crippen molar-refractivity contribution in [3.05, 3.63) is 47.9 Å². The number of carbonyl (C=O) groups is 1. The average molecular weight is 327 g/mol. The highest BCUT2D eigenvalue weighted by molar-refractivity contribution is 5.89. The first-order valence-electron chi connectivity index (χ1n) is 8.69. The van der Waals surface area contributed by atoms with Crippen LogP contribution >= 0.6 is 0 Å². The normalized spacial score (nSPS) is 16.6. The standard InChI is InChI=1S/C19H25N3O2/c1-14(18-12-13-24-21-18)22(2)19(23)20-17-10-8-16(9-11-17)15-6-4-3-5-7-15/h8-15H,3-7H2,1-2H3,(H,20,23)/t14-/m1/s1. The van der Waals surface area contributed by atoms with Gasteiger partial charge >= 0.3 is 6.03 Å². The molecule has 0 aliphatic heterocycles. The van der Waals surface area contributed by atoms with E-state index in [1.165, 1.54) is 43.9 Å². The van der Waals surface area contributed by atoms with Crippen LogP contribution in [-0.2, 0) is 0 Å². The van der Waals surface area contributed by atoms with E-state index in [4.69, 9.17) is 4.52 Å². The molecule has 0 saturated heterocycles. The lowest BCUT2D eigenvalue weighted by Gasteiger charge is -2.24. The third-order valence-electron chi connectivity index (χ3n) is 5.03. The molecular formula is C19H25N3O2. The lowest BCUT2D eigenvalue weighted by molar-refractivity contribution is 0.206. The van der Waals surface area contributed by atoms with Crippen molar-refractivity contribution >= 4 is 11.7 Å². The van der Waals surface area contributed by atoms with Crippen molar-refractivity contribution in [3.8, 4) is 0 Å². The molecule has 0 spiro atoms. The highest BCUT2D eigenvalue weighted by Gasteiger charge is 2.20. The van der Waals surface area contributed by atoms with Crippen LogP contribution in [0.5, 0.6) is 0 Å². The molecule has 5 heteroatoms. The molecule has 0 radical (unpaired) electrons. The predicted octanol–water partition coefficient (Wildman–Crippen LogP) is 4.95. The van der Waals surface area contributed by atoms with E-state index >= 15 is 0 Å². The van der Waals surface area contributed by atoms with Gasteiger partial charge in [-0.15, -0.1) is 0 Å². The van der Waals surface area contributed by atoms with Crippen molar-refractivity contribution in [1.82, 2.24) is 10.1 Å². The van der Waals surface area contributed by atoms with Gasteiger partial charge in [-0.2, -0.15) is 0 Å². The summed E-state index contributed by atoms with van der Waals surface area (Å²) in [6.45, 7) is 1.92. The maximum Gasteiger partial charge on any atom is 0.322 e. The molecule has 1 aromatic carbocycles. The van der Waals surface area contributed by atoms with Gasteiger partial charge in [-0.05, 0) is 43.4 Å². The monoisotopic (exact) mass is 327 g/mol. The van der Waals surface area contributed by atoms with E-state index in [9.17, 15) is 4.79 Å². The summed E-state index contributed by atoms with van der Waals surface area (Å²) in [5.41, 5.74) is 2.94. The van der Waals surface area contributed by atoms with Crippen molar-refractivity contribution in [3.63, 3.8) is 0 Å². The topological polar surface area (TPSA) is 58.4 Å². The van der Waals surface area contributed by atoms with Gasteiger partial charge in [0.1, 0.15) is 12.0 Å². The molecule has 1 aliphatic rings. The van der Waals surface area contributed by atoms with E-state index in [0.717, 1.165) is 11.4 Å². The Labute approximate surface area is 143 Å². The van der Waals surface area contributed by atoms with Gasteiger partial charge in [0.05, 0.1) is 6.04 Å². The minimum Gasteiger partial charge on any atom is -0.364 e. The number of nitrogens with one attached hydrogen (secondary N) is 1. The van der Waals surface area contributed by atoms with E-state index in [0.29, 0.717) is 5.92 Å². The van der Waals surface area contributed by atoms with Crippen LogP contribution in [0, 0.1) is 0 Å². The Balaban J connectivity index is 1.59. The third kappa shape index (κ3) is 3.78. The summed E-state index contributed by atoms with van der Waals surface area (Å²) >= 11 is 0. The molecule has 0 bridgehead atoms. The summed E-state index contributed by atoms with van der Waals surface area (Å²) in [6.07, 6.45) is 8.09. The highest BCUT2D eigenvalue weighted by Crippen LogP contribution is 2.33. The van der Waals surface area contributed by atoms with Crippen molar-refractivity contribution in [1.29, 1.82) is 0 Å². The van der Waals surface area contributed by atoms with E-state index in [1.807, 2.05) is 19.1 Å². The second kappa shape index (κ2) is 7.51. The molecule has 1 aromatic heterocycles. The number of benzene rings is 1. The molecule has 2 aromatic rings. The molecule has 0 unspecified atom stereocenters. The summed E-state index contributed by atoms with van der Waals surface area (Å²) < 4.78 is 4.85. The lowest BCUT2D eigenvalue weighted by atomic mass is 9.84. The molecule has 24 heavy (non-hydrogen) atoms. The van der Waals surface area contributed by atoms with E-state index < -0.39 is 0 Å². The van der Waals surface area contributed by atoms with Crippen LogP contribution in [0.2, 0.25) is 0 Å². The van der Waals surface area contributed by atoms with Crippen LogP contribution in [-0.4, -0.2) is 23.1 Å². The van der Waals surface area contributed by atoms with Crippen molar-refractivity contribution < 1.29 is 9.32 Å². The molecule has 1 fully saturated rings. The number of carbonyl (C=O) groups excluding carboxylic acids is 1. The first-order valence-corrected chi connectivity index (χ1v) is 8.69. The summed E-state index contributed by atoms with van der Waals surface area (Å²) in [4.78, 5) is 14.0. The van der Waals surface area contributed by atoms with Gasteiger partial charge in [0.15, 0.2) is 0 Å². The maximum absolute atomic E-state index is 12.4. The molecular weight excluding hydrogens is 302 g/mol. The summed E-state index contributed by atoms with van der Waals surface area (Å²) in [5, 5.41) is 6.84. The van der Waals surface area contributed by atoms with Gasteiger partial charge in [0.2, 0.25) is 0 Å². The van der Waals surface area contributed by atoms with Crippen LogP contribution < -0.4 is 5.32 Å². The second-order valence-electron chi connectivity index (χ2n) is 6.60. The number of hydrogen-bond donors (Lipinski definition) is 1. The quantitative estimate of drug-likeness (QED) is 0.864. The third-order valence-corrected chi connectivity index (χ3v) is 5.03. The number of urea groups is 1. The fraction of sp³-hybridized carbons (Fsp3) is 0.474. The maximum atomic E-state index is 12.4. The number of hydrogen-bond acceptors (Lipinski definition) is 3. The van der Waals surface area contributed by atoms with Gasteiger partial charge in [0.25, 0.3) is 0 Å². The van der Waals surface area contributed by atoms with Crippen LogP contribution in [0.1, 0.15) is 62.2 Å². The molecule has 1 atom stereocenters. The molecule has 3 rings (SSSR count). The van der Waals surface area contributed by atoms with Crippen molar-refractivity contribution in [2.75, 3.05) is 12.4 Å². The van der Waals surface area contributed by atoms with Gasteiger partial charge in [-0.3, -0.25) is 0 Å². The van der Waals surface area contributed by atoms with Crippen molar-refractivity contribution in [2.24, 2.45) is 0 Å². The van der Waals surface area contributed by atoms with Crippen LogP contribution in [0.4, 0.5) is 10.5 Å². The van der Waals surface area contributed by atoms with Crippen LogP contribution in [0.3, 0.4) is 0 Å². The van der Waals surface area contributed by atoms with Gasteiger partial charge in [0, 0.05) is 18.8 Å². The Kier molecular flexibility index (Phi) is 5.18. The largest absolute Gasteiger partial charge is 0.364 e. The zero-order chi connectivity index (χ0) is 16.9. The van der Waals surface area contributed by atoms with Crippen LogP contribution in [0.15, 0.2) is 41.1 Å². The molecule has 2 amide bonds. The molecule has 1 heterocycles. The Morgan fingerprint density at radius 1 is 1.21 bits per heavy atom.